The summed E-state index contributed by atoms with van der Waals surface area (Å²) in [5.74, 6) is 0.880. The van der Waals surface area contributed by atoms with Crippen LogP contribution in [0.15, 0.2) is 54.6 Å². The van der Waals surface area contributed by atoms with Gasteiger partial charge in [-0.1, -0.05) is 48.9 Å². The van der Waals surface area contributed by atoms with Crippen molar-refractivity contribution in [2.24, 2.45) is 0 Å². The number of ether oxygens (including phenoxy) is 1. The number of nitrogens with zero attached hydrogens (tertiary/aromatic N) is 1. The molecule has 2 atom stereocenters. The molecule has 2 unspecified atom stereocenters. The Labute approximate surface area is 149 Å². The molecule has 1 fully saturated rings. The van der Waals surface area contributed by atoms with Crippen LogP contribution in [0.1, 0.15) is 41.3 Å². The maximum Gasteiger partial charge on any atom is 0.176 e. The first-order valence-corrected chi connectivity index (χ1v) is 8.83. The third-order valence-electron chi connectivity index (χ3n) is 4.93. The van der Waals surface area contributed by atoms with E-state index in [9.17, 15) is 9.90 Å². The molecule has 0 aromatic heterocycles. The van der Waals surface area contributed by atoms with Crippen LogP contribution in [0, 0.1) is 0 Å². The molecular formula is C21H25NO3. The summed E-state index contributed by atoms with van der Waals surface area (Å²) in [6.45, 7) is 1.19. The molecule has 132 valence electrons. The highest BCUT2D eigenvalue weighted by atomic mass is 16.5. The number of piperidine rings is 1. The lowest BCUT2D eigenvalue weighted by molar-refractivity contribution is 0.0255. The summed E-state index contributed by atoms with van der Waals surface area (Å²) in [4.78, 5) is 14.7. The van der Waals surface area contributed by atoms with Crippen molar-refractivity contribution in [3.63, 3.8) is 0 Å². The van der Waals surface area contributed by atoms with Crippen LogP contribution < -0.4 is 4.74 Å². The summed E-state index contributed by atoms with van der Waals surface area (Å²) < 4.78 is 5.18. The summed E-state index contributed by atoms with van der Waals surface area (Å²) in [7, 11) is 1.63. The van der Waals surface area contributed by atoms with Crippen molar-refractivity contribution in [3.8, 4) is 5.75 Å². The maximum atomic E-state index is 12.6. The average molecular weight is 339 g/mol. The SMILES string of the molecule is COc1ccc(C(O)C2CCCCN2CC(=O)c2ccccc2)cc1. The smallest absolute Gasteiger partial charge is 0.176 e. The minimum Gasteiger partial charge on any atom is -0.497 e. The van der Waals surface area contributed by atoms with E-state index in [1.165, 1.54) is 0 Å². The van der Waals surface area contributed by atoms with Gasteiger partial charge in [0, 0.05) is 11.6 Å². The zero-order chi connectivity index (χ0) is 17.6. The number of Topliss-reactive ketones (excluding diaryl/α,β-unsaturated/α-hetero) is 1. The van der Waals surface area contributed by atoms with Gasteiger partial charge in [0.25, 0.3) is 0 Å². The number of rotatable bonds is 6. The van der Waals surface area contributed by atoms with Gasteiger partial charge in [0.15, 0.2) is 5.78 Å². The molecule has 1 N–H and O–H groups in total. The predicted molar refractivity (Wildman–Crippen MR) is 97.9 cm³/mol. The zero-order valence-corrected chi connectivity index (χ0v) is 14.6. The molecule has 0 bridgehead atoms. The molecule has 0 spiro atoms. The number of carbonyl (C=O) groups excluding carboxylic acids is 1. The van der Waals surface area contributed by atoms with E-state index in [1.54, 1.807) is 7.11 Å². The van der Waals surface area contributed by atoms with Crippen LogP contribution >= 0.6 is 0 Å². The lowest BCUT2D eigenvalue weighted by Crippen LogP contribution is -2.45. The average Bonchev–Trinajstić information content (AvgIpc) is 2.68. The normalized spacial score (nSPS) is 19.4. The van der Waals surface area contributed by atoms with Gasteiger partial charge >= 0.3 is 0 Å². The molecular weight excluding hydrogens is 314 g/mol. The number of ketones is 1. The van der Waals surface area contributed by atoms with Crippen LogP contribution in [0.5, 0.6) is 5.75 Å². The molecule has 0 aliphatic carbocycles. The third kappa shape index (κ3) is 4.27. The highest BCUT2D eigenvalue weighted by molar-refractivity contribution is 5.97. The molecule has 4 nitrogen and oxygen atoms in total. The Bertz CT molecular complexity index is 684. The second-order valence-corrected chi connectivity index (χ2v) is 6.54. The second-order valence-electron chi connectivity index (χ2n) is 6.54. The highest BCUT2D eigenvalue weighted by Crippen LogP contribution is 2.29. The van der Waals surface area contributed by atoms with Crippen LogP contribution in [-0.4, -0.2) is 42.0 Å². The zero-order valence-electron chi connectivity index (χ0n) is 14.6. The Morgan fingerprint density at radius 3 is 2.56 bits per heavy atom. The van der Waals surface area contributed by atoms with Gasteiger partial charge < -0.3 is 9.84 Å². The molecule has 2 aromatic rings. The van der Waals surface area contributed by atoms with E-state index in [0.717, 1.165) is 42.7 Å². The Hall–Kier alpha value is -2.17. The number of methoxy groups -OCH3 is 1. The largest absolute Gasteiger partial charge is 0.497 e. The van der Waals surface area contributed by atoms with E-state index in [1.807, 2.05) is 54.6 Å². The van der Waals surface area contributed by atoms with E-state index in [0.29, 0.717) is 6.54 Å². The summed E-state index contributed by atoms with van der Waals surface area (Å²) in [6.07, 6.45) is 2.44. The van der Waals surface area contributed by atoms with E-state index in [-0.39, 0.29) is 11.8 Å². The van der Waals surface area contributed by atoms with Gasteiger partial charge in [-0.15, -0.1) is 0 Å². The molecule has 1 heterocycles. The maximum absolute atomic E-state index is 12.6. The fourth-order valence-electron chi connectivity index (χ4n) is 3.49. The lowest BCUT2D eigenvalue weighted by atomic mass is 9.92. The van der Waals surface area contributed by atoms with Gasteiger partial charge in [-0.2, -0.15) is 0 Å². The molecule has 2 aromatic carbocycles. The highest BCUT2D eigenvalue weighted by Gasteiger charge is 2.31. The summed E-state index contributed by atoms with van der Waals surface area (Å²) in [5.41, 5.74) is 1.59. The first-order chi connectivity index (χ1) is 12.2. The molecule has 1 aliphatic heterocycles. The number of carbonyl (C=O) groups is 1. The van der Waals surface area contributed by atoms with Gasteiger partial charge in [0.2, 0.25) is 0 Å². The number of hydrogen-bond donors (Lipinski definition) is 1. The quantitative estimate of drug-likeness (QED) is 0.819. The van der Waals surface area contributed by atoms with Crippen molar-refractivity contribution in [2.45, 2.75) is 31.4 Å². The number of aliphatic hydroxyl groups is 1. The second kappa shape index (κ2) is 8.28. The third-order valence-corrected chi connectivity index (χ3v) is 4.93. The van der Waals surface area contributed by atoms with E-state index in [2.05, 4.69) is 4.90 Å². The van der Waals surface area contributed by atoms with Crippen molar-refractivity contribution in [1.29, 1.82) is 0 Å². The number of hydrogen-bond acceptors (Lipinski definition) is 4. The topological polar surface area (TPSA) is 49.8 Å². The van der Waals surface area contributed by atoms with Crippen LogP contribution in [0.25, 0.3) is 0 Å². The summed E-state index contributed by atoms with van der Waals surface area (Å²) >= 11 is 0. The predicted octanol–water partition coefficient (Wildman–Crippen LogP) is 3.47. The van der Waals surface area contributed by atoms with Crippen molar-refractivity contribution in [2.75, 3.05) is 20.2 Å². The monoisotopic (exact) mass is 339 g/mol. The van der Waals surface area contributed by atoms with Gasteiger partial charge in [-0.05, 0) is 37.1 Å². The molecule has 3 rings (SSSR count). The molecule has 0 saturated carbocycles. The molecule has 0 amide bonds. The number of aliphatic hydroxyl groups excluding tert-OH is 1. The standard InChI is InChI=1S/C21H25NO3/c1-25-18-12-10-17(11-13-18)21(24)19-9-5-6-14-22(19)15-20(23)16-7-3-2-4-8-16/h2-4,7-8,10-13,19,21,24H,5-6,9,14-15H2,1H3. The van der Waals surface area contributed by atoms with Crippen LogP contribution in [-0.2, 0) is 0 Å². The number of benzene rings is 2. The van der Waals surface area contributed by atoms with Crippen molar-refractivity contribution >= 4 is 5.78 Å². The first-order valence-electron chi connectivity index (χ1n) is 8.83. The minimum atomic E-state index is -0.602. The number of likely N-dealkylation sites (tertiary alicyclic amines) is 1. The molecule has 0 radical (unpaired) electrons. The van der Waals surface area contributed by atoms with Crippen molar-refractivity contribution in [1.82, 2.24) is 4.90 Å². The fourth-order valence-corrected chi connectivity index (χ4v) is 3.49. The molecule has 1 aliphatic rings. The van der Waals surface area contributed by atoms with Gasteiger partial charge in [0.05, 0.1) is 19.8 Å². The van der Waals surface area contributed by atoms with Crippen LogP contribution in [0.4, 0.5) is 0 Å². The van der Waals surface area contributed by atoms with Crippen molar-refractivity contribution < 1.29 is 14.6 Å². The summed E-state index contributed by atoms with van der Waals surface area (Å²) in [6, 6.07) is 16.9. The van der Waals surface area contributed by atoms with Gasteiger partial charge in [-0.3, -0.25) is 9.69 Å². The van der Waals surface area contributed by atoms with Gasteiger partial charge in [-0.25, -0.2) is 0 Å². The van der Waals surface area contributed by atoms with Crippen LogP contribution in [0.3, 0.4) is 0 Å². The fraction of sp³-hybridized carbons (Fsp3) is 0.381. The molecule has 4 heteroatoms. The Balaban J connectivity index is 1.72. The van der Waals surface area contributed by atoms with E-state index >= 15 is 0 Å². The van der Waals surface area contributed by atoms with E-state index < -0.39 is 6.10 Å². The minimum absolute atomic E-state index is 0.0326. The lowest BCUT2D eigenvalue weighted by Gasteiger charge is -2.38. The summed E-state index contributed by atoms with van der Waals surface area (Å²) in [5, 5.41) is 10.9. The van der Waals surface area contributed by atoms with Crippen molar-refractivity contribution in [3.05, 3.63) is 65.7 Å². The Morgan fingerprint density at radius 1 is 1.16 bits per heavy atom. The van der Waals surface area contributed by atoms with E-state index in [4.69, 9.17) is 4.74 Å². The Kier molecular flexibility index (Phi) is 5.84. The van der Waals surface area contributed by atoms with Gasteiger partial charge in [0.1, 0.15) is 5.75 Å². The van der Waals surface area contributed by atoms with Crippen LogP contribution in [0.2, 0.25) is 0 Å². The molecule has 25 heavy (non-hydrogen) atoms. The Morgan fingerprint density at radius 2 is 1.88 bits per heavy atom. The molecule has 1 saturated heterocycles. The first kappa shape index (κ1) is 17.6.